The van der Waals surface area contributed by atoms with E-state index in [2.05, 4.69) is 5.16 Å². The van der Waals surface area contributed by atoms with Gasteiger partial charge in [0.25, 0.3) is 6.43 Å². The maximum absolute atomic E-state index is 12.3. The van der Waals surface area contributed by atoms with Crippen molar-refractivity contribution in [1.82, 2.24) is 4.90 Å². The van der Waals surface area contributed by atoms with Crippen LogP contribution in [0.1, 0.15) is 12.8 Å². The Labute approximate surface area is 96.7 Å². The van der Waals surface area contributed by atoms with E-state index < -0.39 is 30.9 Å². The summed E-state index contributed by atoms with van der Waals surface area (Å²) in [7, 11) is 0. The molecule has 0 radical (unpaired) electrons. The molecule has 6 nitrogen and oxygen atoms in total. The predicted molar refractivity (Wildman–Crippen MR) is 54.7 cm³/mol. The minimum Gasteiger partial charge on any atom is -0.409 e. The largest absolute Gasteiger partial charge is 0.409 e. The van der Waals surface area contributed by atoms with Crippen LogP contribution in [-0.2, 0) is 4.79 Å². The molecule has 0 heterocycles. The molecule has 0 spiro atoms. The van der Waals surface area contributed by atoms with Crippen LogP contribution in [-0.4, -0.2) is 53.1 Å². The fourth-order valence-corrected chi connectivity index (χ4v) is 1.67. The molecule has 1 amide bonds. The number of amides is 1. The lowest BCUT2D eigenvalue weighted by molar-refractivity contribution is -0.137. The Morgan fingerprint density at radius 2 is 2.12 bits per heavy atom. The maximum atomic E-state index is 12.3. The van der Waals surface area contributed by atoms with Gasteiger partial charge in [0.05, 0.1) is 13.2 Å². The lowest BCUT2D eigenvalue weighted by Crippen LogP contribution is -2.46. The molecule has 0 bridgehead atoms. The Morgan fingerprint density at radius 1 is 1.53 bits per heavy atom. The third-order valence-corrected chi connectivity index (χ3v) is 2.77. The third kappa shape index (κ3) is 2.82. The molecule has 1 rings (SSSR count). The van der Waals surface area contributed by atoms with Gasteiger partial charge in [-0.1, -0.05) is 5.16 Å². The molecule has 1 fully saturated rings. The van der Waals surface area contributed by atoms with Crippen LogP contribution in [0.3, 0.4) is 0 Å². The van der Waals surface area contributed by atoms with Crippen molar-refractivity contribution in [2.45, 2.75) is 19.3 Å². The van der Waals surface area contributed by atoms with Crippen LogP contribution in [0.5, 0.6) is 0 Å². The number of nitrogens with two attached hydrogens (primary N) is 1. The molecule has 0 aromatic rings. The Kier molecular flexibility index (Phi) is 4.22. The van der Waals surface area contributed by atoms with Gasteiger partial charge >= 0.3 is 0 Å². The third-order valence-electron chi connectivity index (χ3n) is 2.77. The highest BCUT2D eigenvalue weighted by Gasteiger charge is 2.55. The summed E-state index contributed by atoms with van der Waals surface area (Å²) in [6, 6.07) is 0. The molecule has 1 aliphatic rings. The Morgan fingerprint density at radius 3 is 2.47 bits per heavy atom. The lowest BCUT2D eigenvalue weighted by atomic mass is 10.0. The van der Waals surface area contributed by atoms with Crippen LogP contribution in [0.2, 0.25) is 0 Å². The summed E-state index contributed by atoms with van der Waals surface area (Å²) in [6.45, 7) is -1.37. The molecule has 4 N–H and O–H groups in total. The quantitative estimate of drug-likeness (QED) is 0.259. The average Bonchev–Trinajstić information content (AvgIpc) is 3.07. The SMILES string of the molecule is NC(=NO)C1(C(=O)N(CCO)CC(F)F)CC1. The van der Waals surface area contributed by atoms with Crippen LogP contribution in [0.25, 0.3) is 0 Å². The average molecular weight is 251 g/mol. The fourth-order valence-electron chi connectivity index (χ4n) is 1.67. The molecule has 1 saturated carbocycles. The van der Waals surface area contributed by atoms with Crippen molar-refractivity contribution in [3.8, 4) is 0 Å². The number of oxime groups is 1. The standard InChI is InChI=1S/C9H15F2N3O3/c10-6(11)5-14(3-4-15)8(16)9(1-2-9)7(12)13-17/h6,15,17H,1-5H2,(H2,12,13). The number of carbonyl (C=O) groups is 1. The molecule has 98 valence electrons. The first kappa shape index (κ1) is 13.6. The van der Waals surface area contributed by atoms with Crippen molar-refractivity contribution in [3.63, 3.8) is 0 Å². The molecule has 0 saturated heterocycles. The molecular weight excluding hydrogens is 236 g/mol. The summed E-state index contributed by atoms with van der Waals surface area (Å²) in [4.78, 5) is 12.8. The molecule has 1 aliphatic carbocycles. The van der Waals surface area contributed by atoms with E-state index in [4.69, 9.17) is 16.0 Å². The highest BCUT2D eigenvalue weighted by Crippen LogP contribution is 2.47. The predicted octanol–water partition coefficient (Wildman–Crippen LogP) is -0.401. The van der Waals surface area contributed by atoms with Gasteiger partial charge in [-0.2, -0.15) is 0 Å². The zero-order chi connectivity index (χ0) is 13.1. The second-order valence-corrected chi connectivity index (χ2v) is 3.93. The minimum absolute atomic E-state index is 0.191. The van der Waals surface area contributed by atoms with E-state index >= 15 is 0 Å². The van der Waals surface area contributed by atoms with Gasteiger partial charge < -0.3 is 20.9 Å². The van der Waals surface area contributed by atoms with Gasteiger partial charge in [0, 0.05) is 6.54 Å². The van der Waals surface area contributed by atoms with Crippen LogP contribution in [0.15, 0.2) is 5.16 Å². The normalized spacial score (nSPS) is 18.2. The number of hydrogen-bond donors (Lipinski definition) is 3. The van der Waals surface area contributed by atoms with E-state index in [1.54, 1.807) is 0 Å². The van der Waals surface area contributed by atoms with Crippen LogP contribution in [0.4, 0.5) is 8.78 Å². The lowest BCUT2D eigenvalue weighted by Gasteiger charge is -2.25. The smallest absolute Gasteiger partial charge is 0.255 e. The highest BCUT2D eigenvalue weighted by molar-refractivity contribution is 6.09. The van der Waals surface area contributed by atoms with Crippen molar-refractivity contribution < 1.29 is 23.9 Å². The van der Waals surface area contributed by atoms with E-state index in [1.165, 1.54) is 0 Å². The number of amidine groups is 1. The summed E-state index contributed by atoms with van der Waals surface area (Å²) >= 11 is 0. The van der Waals surface area contributed by atoms with Crippen LogP contribution >= 0.6 is 0 Å². The van der Waals surface area contributed by atoms with Gasteiger partial charge in [-0.3, -0.25) is 4.79 Å². The first-order valence-electron chi connectivity index (χ1n) is 5.14. The molecule has 0 aromatic heterocycles. The molecule has 8 heteroatoms. The molecule has 0 atom stereocenters. The van der Waals surface area contributed by atoms with Crippen molar-refractivity contribution in [2.75, 3.05) is 19.7 Å². The molecule has 0 unspecified atom stereocenters. The number of rotatable bonds is 6. The van der Waals surface area contributed by atoms with Crippen molar-refractivity contribution in [2.24, 2.45) is 16.3 Å². The fraction of sp³-hybridized carbons (Fsp3) is 0.778. The van der Waals surface area contributed by atoms with Crippen LogP contribution < -0.4 is 5.73 Å². The number of halogens is 2. The number of aliphatic hydroxyl groups excluding tert-OH is 1. The summed E-state index contributed by atoms with van der Waals surface area (Å²) in [5, 5.41) is 20.0. The van der Waals surface area contributed by atoms with Crippen molar-refractivity contribution in [3.05, 3.63) is 0 Å². The van der Waals surface area contributed by atoms with Crippen LogP contribution in [0, 0.1) is 5.41 Å². The van der Waals surface area contributed by atoms with E-state index in [9.17, 15) is 13.6 Å². The number of nitrogens with zero attached hydrogens (tertiary/aromatic N) is 2. The monoisotopic (exact) mass is 251 g/mol. The van der Waals surface area contributed by atoms with E-state index in [0.29, 0.717) is 12.8 Å². The molecule has 17 heavy (non-hydrogen) atoms. The van der Waals surface area contributed by atoms with E-state index in [-0.39, 0.29) is 12.4 Å². The van der Waals surface area contributed by atoms with Crippen molar-refractivity contribution >= 4 is 11.7 Å². The van der Waals surface area contributed by atoms with Gasteiger partial charge in [0.2, 0.25) is 5.91 Å². The number of aliphatic hydroxyl groups is 1. The van der Waals surface area contributed by atoms with Gasteiger partial charge in [-0.05, 0) is 12.8 Å². The molecular formula is C9H15F2N3O3. The zero-order valence-electron chi connectivity index (χ0n) is 9.14. The van der Waals surface area contributed by atoms with Gasteiger partial charge in [0.1, 0.15) is 5.41 Å². The van der Waals surface area contributed by atoms with Gasteiger partial charge in [0.15, 0.2) is 5.84 Å². The van der Waals surface area contributed by atoms with Gasteiger partial charge in [-0.25, -0.2) is 8.78 Å². The maximum Gasteiger partial charge on any atom is 0.255 e. The summed E-state index contributed by atoms with van der Waals surface area (Å²) in [6.07, 6.45) is -1.95. The summed E-state index contributed by atoms with van der Waals surface area (Å²) < 4.78 is 24.5. The van der Waals surface area contributed by atoms with E-state index in [0.717, 1.165) is 4.90 Å². The molecule has 0 aromatic carbocycles. The Hall–Kier alpha value is -1.44. The first-order valence-corrected chi connectivity index (χ1v) is 5.14. The Balaban J connectivity index is 2.78. The second kappa shape index (κ2) is 5.26. The minimum atomic E-state index is -2.69. The topological polar surface area (TPSA) is 99.2 Å². The van der Waals surface area contributed by atoms with Gasteiger partial charge in [-0.15, -0.1) is 0 Å². The molecule has 0 aliphatic heterocycles. The second-order valence-electron chi connectivity index (χ2n) is 3.93. The summed E-state index contributed by atoms with van der Waals surface area (Å²) in [5.74, 6) is -0.887. The van der Waals surface area contributed by atoms with Crippen molar-refractivity contribution in [1.29, 1.82) is 0 Å². The first-order chi connectivity index (χ1) is 7.97. The summed E-state index contributed by atoms with van der Waals surface area (Å²) in [5.41, 5.74) is 4.23. The highest BCUT2D eigenvalue weighted by atomic mass is 19.3. The number of alkyl halides is 2. The number of carbonyl (C=O) groups excluding carboxylic acids is 1. The zero-order valence-corrected chi connectivity index (χ0v) is 9.14. The Bertz CT molecular complexity index is 319. The number of hydrogen-bond acceptors (Lipinski definition) is 4. The van der Waals surface area contributed by atoms with E-state index in [1.807, 2.05) is 0 Å².